The number of nitrogens with zero attached hydrogens (tertiary/aromatic N) is 1. The van der Waals surface area contributed by atoms with E-state index < -0.39 is 0 Å². The molecule has 1 aromatic heterocycles. The lowest BCUT2D eigenvalue weighted by atomic mass is 9.86. The minimum absolute atomic E-state index is 0.0299. The first-order valence-electron chi connectivity index (χ1n) is 15.1. The molecule has 0 saturated heterocycles. The molecule has 3 heterocycles. The number of rotatable bonds is 2. The number of furan rings is 1. The van der Waals surface area contributed by atoms with E-state index in [1.54, 1.807) is 0 Å². The van der Waals surface area contributed by atoms with Crippen molar-refractivity contribution < 1.29 is 9.15 Å². The van der Waals surface area contributed by atoms with Gasteiger partial charge in [-0.2, -0.15) is 0 Å². The second-order valence-corrected chi connectivity index (χ2v) is 12.0. The number of ether oxygens (including phenoxy) is 1. The number of hydrogen-bond acceptors (Lipinski definition) is 3. The fourth-order valence-electron chi connectivity index (χ4n) is 7.68. The van der Waals surface area contributed by atoms with Gasteiger partial charge in [-0.15, -0.1) is 0 Å². The monoisotopic (exact) mass is 553 g/mol. The zero-order chi connectivity index (χ0) is 28.1. The fraction of sp³-hybridized carbons (Fsp3) is 0.100. The normalized spacial score (nSPS) is 22.9. The molecule has 204 valence electrons. The first kappa shape index (κ1) is 23.3. The number of para-hydroxylation sites is 1. The van der Waals surface area contributed by atoms with Crippen molar-refractivity contribution in [1.82, 2.24) is 0 Å². The Morgan fingerprint density at radius 3 is 2.51 bits per heavy atom. The molecule has 3 nitrogen and oxygen atoms in total. The Balaban J connectivity index is 1.06. The van der Waals surface area contributed by atoms with E-state index in [0.717, 1.165) is 27.7 Å². The Morgan fingerprint density at radius 1 is 0.651 bits per heavy atom. The largest absolute Gasteiger partial charge is 0.481 e. The van der Waals surface area contributed by atoms with Gasteiger partial charge in [-0.05, 0) is 69.9 Å². The lowest BCUT2D eigenvalue weighted by molar-refractivity contribution is 0.269. The van der Waals surface area contributed by atoms with Crippen molar-refractivity contribution in [2.24, 2.45) is 0 Å². The van der Waals surface area contributed by atoms with Gasteiger partial charge in [0.25, 0.3) is 0 Å². The van der Waals surface area contributed by atoms with Crippen molar-refractivity contribution in [3.05, 3.63) is 156 Å². The van der Waals surface area contributed by atoms with Crippen LogP contribution in [0.2, 0.25) is 0 Å². The molecule has 3 heteroatoms. The Bertz CT molecular complexity index is 2260. The van der Waals surface area contributed by atoms with Crippen LogP contribution in [0, 0.1) is 0 Å². The van der Waals surface area contributed by atoms with Gasteiger partial charge in [0.1, 0.15) is 11.7 Å². The van der Waals surface area contributed by atoms with Gasteiger partial charge in [0.15, 0.2) is 11.3 Å². The maximum Gasteiger partial charge on any atom is 0.177 e. The molecule has 10 rings (SSSR count). The SMILES string of the molecule is C1=CC2c3ccccc3N(c3ccc4oc5c6c(ccc5c4c3)C3C=C(c4ccc5ccccc5c4)C=CC3O6)C2C=C1. The summed E-state index contributed by atoms with van der Waals surface area (Å²) in [6.45, 7) is 0. The molecule has 0 bridgehead atoms. The summed E-state index contributed by atoms with van der Waals surface area (Å²) >= 11 is 0. The van der Waals surface area contributed by atoms with E-state index in [0.29, 0.717) is 5.92 Å². The zero-order valence-electron chi connectivity index (χ0n) is 23.4. The van der Waals surface area contributed by atoms with Gasteiger partial charge in [0, 0.05) is 39.5 Å². The molecule has 4 atom stereocenters. The van der Waals surface area contributed by atoms with Crippen LogP contribution in [-0.2, 0) is 0 Å². The Hall–Kier alpha value is -5.28. The molecule has 4 aliphatic rings. The summed E-state index contributed by atoms with van der Waals surface area (Å²) in [7, 11) is 0. The second kappa shape index (κ2) is 8.62. The van der Waals surface area contributed by atoms with Crippen LogP contribution in [0.4, 0.5) is 11.4 Å². The van der Waals surface area contributed by atoms with E-state index in [2.05, 4.69) is 144 Å². The smallest absolute Gasteiger partial charge is 0.177 e. The Morgan fingerprint density at radius 2 is 1.53 bits per heavy atom. The predicted molar refractivity (Wildman–Crippen MR) is 175 cm³/mol. The van der Waals surface area contributed by atoms with Crippen LogP contribution in [0.1, 0.15) is 28.5 Å². The minimum Gasteiger partial charge on any atom is -0.481 e. The molecule has 5 aromatic carbocycles. The van der Waals surface area contributed by atoms with Crippen LogP contribution in [0.5, 0.6) is 5.75 Å². The van der Waals surface area contributed by atoms with Crippen LogP contribution in [0.25, 0.3) is 38.3 Å². The number of allylic oxidation sites excluding steroid dienone is 4. The molecule has 0 amide bonds. The van der Waals surface area contributed by atoms with Gasteiger partial charge in [-0.25, -0.2) is 0 Å². The molecule has 0 saturated carbocycles. The van der Waals surface area contributed by atoms with Gasteiger partial charge < -0.3 is 14.1 Å². The first-order valence-corrected chi connectivity index (χ1v) is 15.1. The van der Waals surface area contributed by atoms with Crippen LogP contribution in [0.15, 0.2) is 144 Å². The zero-order valence-corrected chi connectivity index (χ0v) is 23.4. The highest BCUT2D eigenvalue weighted by Crippen LogP contribution is 2.51. The van der Waals surface area contributed by atoms with Gasteiger partial charge in [-0.3, -0.25) is 0 Å². The Kier molecular flexibility index (Phi) is 4.67. The number of fused-ring (bicyclic) bond motifs is 11. The summed E-state index contributed by atoms with van der Waals surface area (Å²) in [4.78, 5) is 2.47. The molecule has 4 unspecified atom stereocenters. The first-order chi connectivity index (χ1) is 21.3. The highest BCUT2D eigenvalue weighted by molar-refractivity contribution is 6.09. The number of anilines is 2. The standard InChI is InChI=1S/C40H27NO2/c1-2-8-25-21-26(14-13-24(25)7-1)27-15-19-37-33(22-27)31-17-18-32-34-23-28(16-20-38(34)43-40(32)39(31)42-37)41-35-11-5-3-9-29(35)30-10-4-6-12-36(30)41/h1-23,29,33,35,37H. The average Bonchev–Trinajstić information content (AvgIpc) is 3.73. The summed E-state index contributed by atoms with van der Waals surface area (Å²) in [6.07, 6.45) is 15.7. The molecule has 0 fully saturated rings. The van der Waals surface area contributed by atoms with Gasteiger partial charge in [-0.1, -0.05) is 97.1 Å². The fourth-order valence-corrected chi connectivity index (χ4v) is 7.68. The van der Waals surface area contributed by atoms with Gasteiger partial charge >= 0.3 is 0 Å². The average molecular weight is 554 g/mol. The van der Waals surface area contributed by atoms with Crippen molar-refractivity contribution in [3.8, 4) is 5.75 Å². The van der Waals surface area contributed by atoms with Crippen LogP contribution in [-0.4, -0.2) is 12.1 Å². The molecule has 0 spiro atoms. The van der Waals surface area contributed by atoms with Crippen molar-refractivity contribution in [2.75, 3.05) is 4.90 Å². The van der Waals surface area contributed by atoms with E-state index in [1.165, 1.54) is 44.4 Å². The Labute approximate surface area is 249 Å². The molecule has 0 N–H and O–H groups in total. The van der Waals surface area contributed by atoms with E-state index in [1.807, 2.05) is 0 Å². The van der Waals surface area contributed by atoms with Crippen molar-refractivity contribution in [1.29, 1.82) is 0 Å². The summed E-state index contributed by atoms with van der Waals surface area (Å²) in [5.41, 5.74) is 9.20. The molecule has 43 heavy (non-hydrogen) atoms. The number of benzene rings is 5. The molecule has 2 aliphatic heterocycles. The van der Waals surface area contributed by atoms with Crippen molar-refractivity contribution in [2.45, 2.75) is 24.0 Å². The topological polar surface area (TPSA) is 25.6 Å². The maximum atomic E-state index is 6.60. The quantitative estimate of drug-likeness (QED) is 0.213. The molecular formula is C40H27NO2. The van der Waals surface area contributed by atoms with E-state index in [4.69, 9.17) is 9.15 Å². The third-order valence-electron chi connectivity index (χ3n) is 9.72. The highest BCUT2D eigenvalue weighted by atomic mass is 16.5. The lowest BCUT2D eigenvalue weighted by Crippen LogP contribution is -2.28. The van der Waals surface area contributed by atoms with Crippen LogP contribution < -0.4 is 9.64 Å². The van der Waals surface area contributed by atoms with E-state index in [9.17, 15) is 0 Å². The summed E-state index contributed by atoms with van der Waals surface area (Å²) in [6, 6.07) is 35.3. The van der Waals surface area contributed by atoms with Crippen molar-refractivity contribution in [3.63, 3.8) is 0 Å². The highest BCUT2D eigenvalue weighted by Gasteiger charge is 2.38. The number of hydrogen-bond donors (Lipinski definition) is 0. The maximum absolute atomic E-state index is 6.60. The van der Waals surface area contributed by atoms with Crippen LogP contribution in [0.3, 0.4) is 0 Å². The summed E-state index contributed by atoms with van der Waals surface area (Å²) in [5.74, 6) is 1.38. The molecule has 6 aromatic rings. The van der Waals surface area contributed by atoms with E-state index >= 15 is 0 Å². The van der Waals surface area contributed by atoms with Gasteiger partial charge in [0.2, 0.25) is 0 Å². The lowest BCUT2D eigenvalue weighted by Gasteiger charge is -2.28. The molecule has 0 radical (unpaired) electrons. The third kappa shape index (κ3) is 3.31. The van der Waals surface area contributed by atoms with Gasteiger partial charge in [0.05, 0.1) is 6.04 Å². The molecular weight excluding hydrogens is 526 g/mol. The van der Waals surface area contributed by atoms with E-state index in [-0.39, 0.29) is 18.1 Å². The minimum atomic E-state index is -0.0299. The van der Waals surface area contributed by atoms with Crippen molar-refractivity contribution >= 4 is 49.7 Å². The summed E-state index contributed by atoms with van der Waals surface area (Å²) < 4.78 is 13.1. The predicted octanol–water partition coefficient (Wildman–Crippen LogP) is 9.97. The second-order valence-electron chi connectivity index (χ2n) is 12.0. The third-order valence-corrected chi connectivity index (χ3v) is 9.72. The summed E-state index contributed by atoms with van der Waals surface area (Å²) in [5, 5.41) is 4.73. The van der Waals surface area contributed by atoms with Crippen LogP contribution >= 0.6 is 0 Å². The molecule has 2 aliphatic carbocycles.